The molecule has 1 saturated heterocycles. The quantitative estimate of drug-likeness (QED) is 0.691. The molecule has 0 radical (unpaired) electrons. The molecule has 1 heterocycles. The van der Waals surface area contributed by atoms with E-state index >= 15 is 0 Å². The van der Waals surface area contributed by atoms with Gasteiger partial charge in [0.05, 0.1) is 12.2 Å². The average Bonchev–Trinajstić information content (AvgIpc) is 2.35. The number of hydrogen-bond donors (Lipinski definition) is 1. The van der Waals surface area contributed by atoms with Crippen molar-refractivity contribution in [3.63, 3.8) is 0 Å². The van der Waals surface area contributed by atoms with Crippen molar-refractivity contribution in [2.45, 2.75) is 44.8 Å². The zero-order valence-corrected chi connectivity index (χ0v) is 11.3. The number of ether oxygens (including phenoxy) is 3. The highest BCUT2D eigenvalue weighted by atomic mass is 16.7. The molecule has 1 N–H and O–H groups in total. The highest BCUT2D eigenvalue weighted by Gasteiger charge is 2.34. The summed E-state index contributed by atoms with van der Waals surface area (Å²) in [7, 11) is 3.26. The largest absolute Gasteiger partial charge is 0.389 e. The first-order chi connectivity index (χ1) is 8.13. The lowest BCUT2D eigenvalue weighted by atomic mass is 9.99. The van der Waals surface area contributed by atoms with E-state index in [1.165, 1.54) is 0 Å². The Morgan fingerprint density at radius 1 is 1.41 bits per heavy atom. The van der Waals surface area contributed by atoms with Crippen molar-refractivity contribution in [2.75, 3.05) is 33.9 Å². The summed E-state index contributed by atoms with van der Waals surface area (Å²) < 4.78 is 15.8. The Kier molecular flexibility index (Phi) is 6.37. The number of aliphatic hydroxyl groups is 1. The molecule has 0 unspecified atom stereocenters. The molecule has 17 heavy (non-hydrogen) atoms. The van der Waals surface area contributed by atoms with Crippen molar-refractivity contribution >= 4 is 0 Å². The molecule has 0 amide bonds. The fourth-order valence-electron chi connectivity index (χ4n) is 2.29. The van der Waals surface area contributed by atoms with Crippen LogP contribution < -0.4 is 0 Å². The Bertz CT molecular complexity index is 211. The molecular formula is C12H25NO4. The van der Waals surface area contributed by atoms with E-state index in [1.807, 2.05) is 6.92 Å². The molecule has 0 bridgehead atoms. The fourth-order valence-corrected chi connectivity index (χ4v) is 2.29. The predicted molar refractivity (Wildman–Crippen MR) is 64.9 cm³/mol. The van der Waals surface area contributed by atoms with Crippen LogP contribution in [0.5, 0.6) is 0 Å². The van der Waals surface area contributed by atoms with Crippen LogP contribution in [0.15, 0.2) is 0 Å². The summed E-state index contributed by atoms with van der Waals surface area (Å²) >= 11 is 0. The van der Waals surface area contributed by atoms with Gasteiger partial charge in [-0.3, -0.25) is 4.90 Å². The Labute approximate surface area is 104 Å². The van der Waals surface area contributed by atoms with Gasteiger partial charge in [0, 0.05) is 33.4 Å². The van der Waals surface area contributed by atoms with Crippen molar-refractivity contribution in [1.82, 2.24) is 4.90 Å². The number of hydrogen-bond acceptors (Lipinski definition) is 5. The second-order valence-corrected chi connectivity index (χ2v) is 4.41. The summed E-state index contributed by atoms with van der Waals surface area (Å²) in [6.07, 6.45) is 0.0455. The molecule has 1 fully saturated rings. The van der Waals surface area contributed by atoms with Crippen molar-refractivity contribution in [3.8, 4) is 0 Å². The lowest BCUT2D eigenvalue weighted by molar-refractivity contribution is -0.147. The third-order valence-corrected chi connectivity index (χ3v) is 3.45. The van der Waals surface area contributed by atoms with E-state index in [9.17, 15) is 5.11 Å². The molecular weight excluding hydrogens is 222 g/mol. The zero-order chi connectivity index (χ0) is 12.8. The summed E-state index contributed by atoms with van der Waals surface area (Å²) in [6, 6.07) is 0.122. The van der Waals surface area contributed by atoms with Crippen molar-refractivity contribution in [2.24, 2.45) is 0 Å². The first-order valence-electron chi connectivity index (χ1n) is 6.23. The number of aliphatic hydroxyl groups excluding tert-OH is 1. The maximum Gasteiger partial charge on any atom is 0.169 e. The number of rotatable bonds is 6. The molecule has 1 aliphatic rings. The molecule has 5 nitrogen and oxygen atoms in total. The van der Waals surface area contributed by atoms with Crippen LogP contribution in [0.25, 0.3) is 0 Å². The van der Waals surface area contributed by atoms with Gasteiger partial charge in [-0.1, -0.05) is 6.92 Å². The Morgan fingerprint density at radius 2 is 2.06 bits per heavy atom. The minimum atomic E-state index is -0.446. The van der Waals surface area contributed by atoms with Gasteiger partial charge < -0.3 is 19.3 Å². The van der Waals surface area contributed by atoms with Crippen LogP contribution in [0.2, 0.25) is 0 Å². The summed E-state index contributed by atoms with van der Waals surface area (Å²) in [5, 5.41) is 10.1. The van der Waals surface area contributed by atoms with Crippen LogP contribution in [0.3, 0.4) is 0 Å². The lowest BCUT2D eigenvalue weighted by Crippen LogP contribution is -2.54. The predicted octanol–water partition coefficient (Wildman–Crippen LogP) is 0.465. The molecule has 102 valence electrons. The van der Waals surface area contributed by atoms with Crippen LogP contribution in [0.1, 0.15) is 20.3 Å². The van der Waals surface area contributed by atoms with Crippen LogP contribution in [0.4, 0.5) is 0 Å². The summed E-state index contributed by atoms with van der Waals surface area (Å²) in [4.78, 5) is 2.20. The SMILES string of the molecule is CCN(CC(OC)OC)[C@H]1CCO[C@@H](C)[C@H]1O. The minimum Gasteiger partial charge on any atom is -0.389 e. The Morgan fingerprint density at radius 3 is 2.59 bits per heavy atom. The average molecular weight is 247 g/mol. The van der Waals surface area contributed by atoms with Gasteiger partial charge in [-0.2, -0.15) is 0 Å². The normalized spacial score (nSPS) is 30.2. The second-order valence-electron chi connectivity index (χ2n) is 4.41. The fraction of sp³-hybridized carbons (Fsp3) is 1.00. The summed E-state index contributed by atoms with van der Waals surface area (Å²) in [5.74, 6) is 0. The molecule has 1 rings (SSSR count). The molecule has 0 saturated carbocycles. The highest BCUT2D eigenvalue weighted by molar-refractivity contribution is 4.86. The van der Waals surface area contributed by atoms with Crippen molar-refractivity contribution in [3.05, 3.63) is 0 Å². The number of nitrogens with zero attached hydrogens (tertiary/aromatic N) is 1. The van der Waals surface area contributed by atoms with E-state index in [0.29, 0.717) is 13.2 Å². The van der Waals surface area contributed by atoms with Crippen molar-refractivity contribution in [1.29, 1.82) is 0 Å². The Balaban J connectivity index is 2.59. The van der Waals surface area contributed by atoms with Gasteiger partial charge in [0.2, 0.25) is 0 Å². The Hall–Kier alpha value is -0.200. The first kappa shape index (κ1) is 14.9. The smallest absolute Gasteiger partial charge is 0.169 e. The second kappa shape index (κ2) is 7.28. The van der Waals surface area contributed by atoms with Gasteiger partial charge in [0.15, 0.2) is 6.29 Å². The van der Waals surface area contributed by atoms with Gasteiger partial charge in [0.25, 0.3) is 0 Å². The maximum atomic E-state index is 10.1. The summed E-state index contributed by atoms with van der Waals surface area (Å²) in [5.41, 5.74) is 0. The molecule has 0 aromatic carbocycles. The van der Waals surface area contributed by atoms with Gasteiger partial charge >= 0.3 is 0 Å². The monoisotopic (exact) mass is 247 g/mol. The topological polar surface area (TPSA) is 51.2 Å². The van der Waals surface area contributed by atoms with E-state index in [4.69, 9.17) is 14.2 Å². The van der Waals surface area contributed by atoms with Crippen LogP contribution in [-0.4, -0.2) is 68.5 Å². The van der Waals surface area contributed by atoms with Crippen LogP contribution >= 0.6 is 0 Å². The molecule has 1 aliphatic heterocycles. The van der Waals surface area contributed by atoms with Crippen LogP contribution in [0, 0.1) is 0 Å². The van der Waals surface area contributed by atoms with E-state index in [2.05, 4.69) is 11.8 Å². The molecule has 0 aromatic rings. The minimum absolute atomic E-state index is 0.105. The van der Waals surface area contributed by atoms with E-state index in [-0.39, 0.29) is 18.4 Å². The highest BCUT2D eigenvalue weighted by Crippen LogP contribution is 2.20. The van der Waals surface area contributed by atoms with Gasteiger partial charge in [-0.05, 0) is 19.9 Å². The number of methoxy groups -OCH3 is 2. The standard InChI is InChI=1S/C12H25NO4/c1-5-13(8-11(15-3)16-4)10-6-7-17-9(2)12(10)14/h9-12,14H,5-8H2,1-4H3/t9-,10-,12+/m0/s1. The van der Waals surface area contributed by atoms with Gasteiger partial charge in [-0.15, -0.1) is 0 Å². The van der Waals surface area contributed by atoms with Gasteiger partial charge in [-0.25, -0.2) is 0 Å². The van der Waals surface area contributed by atoms with Crippen molar-refractivity contribution < 1.29 is 19.3 Å². The molecule has 0 aliphatic carbocycles. The molecule has 5 heteroatoms. The van der Waals surface area contributed by atoms with E-state index < -0.39 is 6.10 Å². The maximum absolute atomic E-state index is 10.1. The molecule has 0 aromatic heterocycles. The molecule has 0 spiro atoms. The van der Waals surface area contributed by atoms with Gasteiger partial charge in [0.1, 0.15) is 0 Å². The van der Waals surface area contributed by atoms with E-state index in [1.54, 1.807) is 14.2 Å². The van der Waals surface area contributed by atoms with E-state index in [0.717, 1.165) is 13.0 Å². The third kappa shape index (κ3) is 3.89. The summed E-state index contributed by atoms with van der Waals surface area (Å²) in [6.45, 7) is 6.21. The zero-order valence-electron chi connectivity index (χ0n) is 11.3. The third-order valence-electron chi connectivity index (χ3n) is 3.45. The van der Waals surface area contributed by atoms with Crippen LogP contribution in [-0.2, 0) is 14.2 Å². The number of likely N-dealkylation sites (N-methyl/N-ethyl adjacent to an activating group) is 1. The molecule has 3 atom stereocenters. The first-order valence-corrected chi connectivity index (χ1v) is 6.23. The lowest BCUT2D eigenvalue weighted by Gasteiger charge is -2.40.